The van der Waals surface area contributed by atoms with Gasteiger partial charge in [-0.05, 0) is 35.9 Å². The van der Waals surface area contributed by atoms with Gasteiger partial charge >= 0.3 is 0 Å². The van der Waals surface area contributed by atoms with Crippen LogP contribution in [-0.4, -0.2) is 19.1 Å². The molecule has 0 spiro atoms. The first-order valence-electron chi connectivity index (χ1n) is 5.87. The molecule has 0 atom stereocenters. The molecule has 1 heterocycles. The Morgan fingerprint density at radius 1 is 1.26 bits per heavy atom. The van der Waals surface area contributed by atoms with Gasteiger partial charge < -0.3 is 10.2 Å². The van der Waals surface area contributed by atoms with Crippen molar-refractivity contribution in [3.05, 3.63) is 51.6 Å². The molecule has 2 aromatic rings. The molecule has 0 aliphatic heterocycles. The van der Waals surface area contributed by atoms with Crippen molar-refractivity contribution >= 4 is 39.0 Å². The largest absolute Gasteiger partial charge is 0.380 e. The molecule has 1 aromatic carbocycles. The number of hydrogen-bond donors (Lipinski definition) is 1. The molecule has 2 rings (SSSR count). The van der Waals surface area contributed by atoms with Gasteiger partial charge in [-0.15, -0.1) is 0 Å². The minimum absolute atomic E-state index is 0.668. The van der Waals surface area contributed by atoms with Gasteiger partial charge in [0.25, 0.3) is 0 Å². The maximum Gasteiger partial charge on any atom is 0.128 e. The molecule has 0 unspecified atom stereocenters. The van der Waals surface area contributed by atoms with E-state index < -0.39 is 0 Å². The van der Waals surface area contributed by atoms with E-state index in [4.69, 9.17) is 11.6 Å². The summed E-state index contributed by atoms with van der Waals surface area (Å²) in [6.07, 6.45) is 1.82. The smallest absolute Gasteiger partial charge is 0.128 e. The summed E-state index contributed by atoms with van der Waals surface area (Å²) in [6.45, 7) is 0.668. The van der Waals surface area contributed by atoms with Crippen molar-refractivity contribution in [2.75, 3.05) is 24.3 Å². The monoisotopic (exact) mass is 339 g/mol. The quantitative estimate of drug-likeness (QED) is 0.905. The van der Waals surface area contributed by atoms with Gasteiger partial charge in [0.2, 0.25) is 0 Å². The van der Waals surface area contributed by atoms with Crippen LogP contribution in [0.5, 0.6) is 0 Å². The molecule has 0 radical (unpaired) electrons. The van der Waals surface area contributed by atoms with Crippen LogP contribution in [-0.2, 0) is 6.54 Å². The lowest BCUT2D eigenvalue weighted by Gasteiger charge is -2.12. The van der Waals surface area contributed by atoms with E-state index in [1.54, 1.807) is 0 Å². The van der Waals surface area contributed by atoms with Crippen LogP contribution in [0.15, 0.2) is 41.0 Å². The zero-order valence-corrected chi connectivity index (χ0v) is 13.2. The van der Waals surface area contributed by atoms with Crippen LogP contribution in [0.2, 0.25) is 5.02 Å². The van der Waals surface area contributed by atoms with E-state index in [2.05, 4.69) is 26.2 Å². The average molecular weight is 341 g/mol. The van der Waals surface area contributed by atoms with Crippen LogP contribution in [0, 0.1) is 0 Å². The third-order valence-electron chi connectivity index (χ3n) is 2.70. The number of halogens is 2. The van der Waals surface area contributed by atoms with Crippen molar-refractivity contribution in [1.82, 2.24) is 4.98 Å². The fraction of sp³-hybridized carbons (Fsp3) is 0.214. The lowest BCUT2D eigenvalue weighted by molar-refractivity contribution is 1.06. The zero-order valence-electron chi connectivity index (χ0n) is 10.8. The van der Waals surface area contributed by atoms with Gasteiger partial charge in [0.1, 0.15) is 5.82 Å². The summed E-state index contributed by atoms with van der Waals surface area (Å²) in [7, 11) is 3.94. The van der Waals surface area contributed by atoms with Gasteiger partial charge in [-0.1, -0.05) is 27.5 Å². The standard InChI is InChI=1S/C14H15BrClN3/c1-19(2)14-6-4-12(9-18-14)17-8-10-7-11(15)3-5-13(10)16/h3-7,9,17H,8H2,1-2H3. The summed E-state index contributed by atoms with van der Waals surface area (Å²) in [5.74, 6) is 0.936. The normalized spacial score (nSPS) is 10.3. The Labute approximate surface area is 126 Å². The third-order valence-corrected chi connectivity index (χ3v) is 3.56. The van der Waals surface area contributed by atoms with Crippen molar-refractivity contribution in [2.24, 2.45) is 0 Å². The van der Waals surface area contributed by atoms with Crippen LogP contribution in [0.1, 0.15) is 5.56 Å². The Balaban J connectivity index is 2.04. The van der Waals surface area contributed by atoms with Crippen molar-refractivity contribution < 1.29 is 0 Å². The van der Waals surface area contributed by atoms with Gasteiger partial charge in [-0.2, -0.15) is 0 Å². The molecule has 0 aliphatic rings. The lowest BCUT2D eigenvalue weighted by atomic mass is 10.2. The Morgan fingerprint density at radius 2 is 2.05 bits per heavy atom. The predicted octanol–water partition coefficient (Wildman–Crippen LogP) is 4.18. The van der Waals surface area contributed by atoms with Crippen LogP contribution in [0.3, 0.4) is 0 Å². The second kappa shape index (κ2) is 6.26. The van der Waals surface area contributed by atoms with Gasteiger partial charge in [-0.3, -0.25) is 0 Å². The first kappa shape index (κ1) is 14.2. The maximum absolute atomic E-state index is 6.15. The summed E-state index contributed by atoms with van der Waals surface area (Å²) >= 11 is 9.59. The maximum atomic E-state index is 6.15. The van der Waals surface area contributed by atoms with Crippen LogP contribution >= 0.6 is 27.5 Å². The number of hydrogen-bond acceptors (Lipinski definition) is 3. The molecule has 0 bridgehead atoms. The Kier molecular flexibility index (Phi) is 4.66. The van der Waals surface area contributed by atoms with E-state index in [9.17, 15) is 0 Å². The molecule has 0 saturated carbocycles. The summed E-state index contributed by atoms with van der Waals surface area (Å²) in [5, 5.41) is 4.07. The van der Waals surface area contributed by atoms with Gasteiger partial charge in [-0.25, -0.2) is 4.98 Å². The summed E-state index contributed by atoms with van der Waals surface area (Å²) in [6, 6.07) is 9.81. The topological polar surface area (TPSA) is 28.2 Å². The molecular formula is C14H15BrClN3. The minimum Gasteiger partial charge on any atom is -0.380 e. The fourth-order valence-electron chi connectivity index (χ4n) is 1.63. The van der Waals surface area contributed by atoms with E-state index in [0.717, 1.165) is 26.6 Å². The minimum atomic E-state index is 0.668. The highest BCUT2D eigenvalue weighted by Crippen LogP contribution is 2.22. The molecule has 0 saturated heterocycles. The van der Waals surface area contributed by atoms with Gasteiger partial charge in [0, 0.05) is 30.1 Å². The van der Waals surface area contributed by atoms with Crippen molar-refractivity contribution in [3.8, 4) is 0 Å². The number of nitrogens with zero attached hydrogens (tertiary/aromatic N) is 2. The summed E-state index contributed by atoms with van der Waals surface area (Å²) < 4.78 is 1.02. The van der Waals surface area contributed by atoms with E-state index in [0.29, 0.717) is 6.54 Å². The van der Waals surface area contributed by atoms with Crippen LogP contribution < -0.4 is 10.2 Å². The Hall–Kier alpha value is -1.26. The lowest BCUT2D eigenvalue weighted by Crippen LogP contribution is -2.10. The molecule has 1 N–H and O–H groups in total. The molecule has 19 heavy (non-hydrogen) atoms. The second-order valence-corrected chi connectivity index (χ2v) is 5.71. The average Bonchev–Trinajstić information content (AvgIpc) is 2.40. The second-order valence-electron chi connectivity index (χ2n) is 4.39. The van der Waals surface area contributed by atoms with Gasteiger partial charge in [0.05, 0.1) is 11.9 Å². The SMILES string of the molecule is CN(C)c1ccc(NCc2cc(Br)ccc2Cl)cn1. The summed E-state index contributed by atoms with van der Waals surface area (Å²) in [5.41, 5.74) is 2.02. The number of rotatable bonds is 4. The first-order chi connectivity index (χ1) is 9.06. The zero-order chi connectivity index (χ0) is 13.8. The van der Waals surface area contributed by atoms with E-state index in [1.165, 1.54) is 0 Å². The molecule has 0 aliphatic carbocycles. The Bertz CT molecular complexity index is 555. The van der Waals surface area contributed by atoms with Crippen molar-refractivity contribution in [1.29, 1.82) is 0 Å². The number of pyridine rings is 1. The highest BCUT2D eigenvalue weighted by atomic mass is 79.9. The number of nitrogens with one attached hydrogen (secondary N) is 1. The van der Waals surface area contributed by atoms with E-state index in [-0.39, 0.29) is 0 Å². The number of anilines is 2. The Morgan fingerprint density at radius 3 is 2.68 bits per heavy atom. The highest BCUT2D eigenvalue weighted by Gasteiger charge is 2.02. The molecule has 5 heteroatoms. The molecular weight excluding hydrogens is 326 g/mol. The number of benzene rings is 1. The van der Waals surface area contributed by atoms with Gasteiger partial charge in [0.15, 0.2) is 0 Å². The predicted molar refractivity (Wildman–Crippen MR) is 85.0 cm³/mol. The first-order valence-corrected chi connectivity index (χ1v) is 7.04. The van der Waals surface area contributed by atoms with E-state index >= 15 is 0 Å². The fourth-order valence-corrected chi connectivity index (χ4v) is 2.22. The number of aromatic nitrogens is 1. The van der Waals surface area contributed by atoms with Crippen molar-refractivity contribution in [2.45, 2.75) is 6.54 Å². The molecule has 3 nitrogen and oxygen atoms in total. The molecule has 0 fully saturated rings. The third kappa shape index (κ3) is 3.85. The van der Waals surface area contributed by atoms with Crippen LogP contribution in [0.4, 0.5) is 11.5 Å². The molecule has 100 valence electrons. The molecule has 1 aromatic heterocycles. The molecule has 0 amide bonds. The van der Waals surface area contributed by atoms with Crippen molar-refractivity contribution in [3.63, 3.8) is 0 Å². The summed E-state index contributed by atoms with van der Waals surface area (Å²) in [4.78, 5) is 6.32. The van der Waals surface area contributed by atoms with Crippen LogP contribution in [0.25, 0.3) is 0 Å². The van der Waals surface area contributed by atoms with E-state index in [1.807, 2.05) is 55.5 Å². The highest BCUT2D eigenvalue weighted by molar-refractivity contribution is 9.10.